The van der Waals surface area contributed by atoms with Gasteiger partial charge < -0.3 is 14.6 Å². The standard InChI is InChI=1S/C22H25N3O2/c1-16-8-10-17(11-9-16)15-25-19-6-3-2-5-18(19)24-21(25)12-13-23-22(26)20-7-4-14-27-20/h2-3,5-6,8-11,20H,4,7,12-15H2,1H3,(H,23,26). The first-order valence-electron chi connectivity index (χ1n) is 9.60. The van der Waals surface area contributed by atoms with Gasteiger partial charge in [0.1, 0.15) is 11.9 Å². The second-order valence-corrected chi connectivity index (χ2v) is 7.13. The Morgan fingerprint density at radius 3 is 2.81 bits per heavy atom. The number of hydrogen-bond acceptors (Lipinski definition) is 3. The fourth-order valence-corrected chi connectivity index (χ4v) is 3.56. The Labute approximate surface area is 159 Å². The normalized spacial score (nSPS) is 16.7. The van der Waals surface area contributed by atoms with Crippen molar-refractivity contribution in [3.05, 3.63) is 65.5 Å². The Balaban J connectivity index is 1.50. The van der Waals surface area contributed by atoms with E-state index in [9.17, 15) is 4.79 Å². The molecule has 1 unspecified atom stereocenters. The van der Waals surface area contributed by atoms with E-state index in [1.165, 1.54) is 11.1 Å². The predicted molar refractivity (Wildman–Crippen MR) is 106 cm³/mol. The maximum Gasteiger partial charge on any atom is 0.249 e. The highest BCUT2D eigenvalue weighted by molar-refractivity contribution is 5.81. The SMILES string of the molecule is Cc1ccc(Cn2c(CCNC(=O)C3CCCO3)nc3ccccc32)cc1. The molecule has 1 aliphatic rings. The van der Waals surface area contributed by atoms with Crippen LogP contribution in [-0.2, 0) is 22.5 Å². The lowest BCUT2D eigenvalue weighted by Crippen LogP contribution is -2.35. The smallest absolute Gasteiger partial charge is 0.249 e. The molecule has 1 amide bonds. The number of fused-ring (bicyclic) bond motifs is 1. The van der Waals surface area contributed by atoms with Crippen molar-refractivity contribution in [1.29, 1.82) is 0 Å². The minimum atomic E-state index is -0.281. The number of aromatic nitrogens is 2. The van der Waals surface area contributed by atoms with E-state index < -0.39 is 0 Å². The second-order valence-electron chi connectivity index (χ2n) is 7.13. The van der Waals surface area contributed by atoms with Gasteiger partial charge in [0.25, 0.3) is 0 Å². The van der Waals surface area contributed by atoms with Crippen molar-refractivity contribution in [2.24, 2.45) is 0 Å². The Morgan fingerprint density at radius 1 is 1.22 bits per heavy atom. The number of carbonyl (C=O) groups excluding carboxylic acids is 1. The second kappa shape index (κ2) is 7.92. The van der Waals surface area contributed by atoms with Gasteiger partial charge in [0.05, 0.1) is 11.0 Å². The van der Waals surface area contributed by atoms with E-state index in [1.807, 2.05) is 18.2 Å². The minimum absolute atomic E-state index is 0.00584. The molecule has 1 saturated heterocycles. The Bertz CT molecular complexity index is 924. The molecule has 140 valence electrons. The van der Waals surface area contributed by atoms with Gasteiger partial charge in [-0.25, -0.2) is 4.98 Å². The molecule has 0 bridgehead atoms. The molecule has 1 atom stereocenters. The third kappa shape index (κ3) is 4.03. The zero-order valence-corrected chi connectivity index (χ0v) is 15.6. The molecule has 4 rings (SSSR count). The first-order chi connectivity index (χ1) is 13.2. The van der Waals surface area contributed by atoms with E-state index in [-0.39, 0.29) is 12.0 Å². The lowest BCUT2D eigenvalue weighted by Gasteiger charge is -2.12. The van der Waals surface area contributed by atoms with Crippen molar-refractivity contribution >= 4 is 16.9 Å². The van der Waals surface area contributed by atoms with Gasteiger partial charge in [-0.3, -0.25) is 4.79 Å². The number of nitrogens with one attached hydrogen (secondary N) is 1. The molecule has 1 aromatic heterocycles. The van der Waals surface area contributed by atoms with Crippen LogP contribution in [0.25, 0.3) is 11.0 Å². The predicted octanol–water partition coefficient (Wildman–Crippen LogP) is 3.23. The Hall–Kier alpha value is -2.66. The van der Waals surface area contributed by atoms with E-state index in [0.29, 0.717) is 19.6 Å². The van der Waals surface area contributed by atoms with E-state index in [2.05, 4.69) is 47.1 Å². The summed E-state index contributed by atoms with van der Waals surface area (Å²) >= 11 is 0. The maximum absolute atomic E-state index is 12.2. The van der Waals surface area contributed by atoms with Crippen LogP contribution in [0.5, 0.6) is 0 Å². The first-order valence-corrected chi connectivity index (χ1v) is 9.60. The van der Waals surface area contributed by atoms with Crippen LogP contribution in [0.1, 0.15) is 29.8 Å². The van der Waals surface area contributed by atoms with Gasteiger partial charge in [0.2, 0.25) is 5.91 Å². The van der Waals surface area contributed by atoms with Crippen molar-refractivity contribution in [3.8, 4) is 0 Å². The number of imidazole rings is 1. The fourth-order valence-electron chi connectivity index (χ4n) is 3.56. The average Bonchev–Trinajstić information content (AvgIpc) is 3.33. The molecule has 3 aromatic rings. The van der Waals surface area contributed by atoms with Crippen LogP contribution in [-0.4, -0.2) is 34.7 Å². The maximum atomic E-state index is 12.2. The van der Waals surface area contributed by atoms with Crippen molar-refractivity contribution in [3.63, 3.8) is 0 Å². The third-order valence-corrected chi connectivity index (χ3v) is 5.06. The summed E-state index contributed by atoms with van der Waals surface area (Å²) in [5.74, 6) is 0.984. The number of aryl methyl sites for hydroxylation is 1. The highest BCUT2D eigenvalue weighted by Gasteiger charge is 2.23. The summed E-state index contributed by atoms with van der Waals surface area (Å²) in [6.07, 6.45) is 2.19. The van der Waals surface area contributed by atoms with Crippen LogP contribution < -0.4 is 5.32 Å². The minimum Gasteiger partial charge on any atom is -0.368 e. The summed E-state index contributed by atoms with van der Waals surface area (Å²) in [4.78, 5) is 17.0. The topological polar surface area (TPSA) is 56.2 Å². The summed E-state index contributed by atoms with van der Waals surface area (Å²) in [5.41, 5.74) is 4.61. The molecule has 27 heavy (non-hydrogen) atoms. The molecule has 2 heterocycles. The summed E-state index contributed by atoms with van der Waals surface area (Å²) in [5, 5.41) is 3.00. The largest absolute Gasteiger partial charge is 0.368 e. The highest BCUT2D eigenvalue weighted by Crippen LogP contribution is 2.19. The lowest BCUT2D eigenvalue weighted by molar-refractivity contribution is -0.130. The zero-order chi connectivity index (χ0) is 18.6. The van der Waals surface area contributed by atoms with Gasteiger partial charge in [-0.05, 0) is 37.5 Å². The highest BCUT2D eigenvalue weighted by atomic mass is 16.5. The fraction of sp³-hybridized carbons (Fsp3) is 0.364. The Morgan fingerprint density at radius 2 is 2.04 bits per heavy atom. The van der Waals surface area contributed by atoms with Gasteiger partial charge >= 0.3 is 0 Å². The number of carbonyl (C=O) groups is 1. The van der Waals surface area contributed by atoms with Crippen LogP contribution in [0.3, 0.4) is 0 Å². The van der Waals surface area contributed by atoms with Crippen LogP contribution in [0, 0.1) is 6.92 Å². The number of hydrogen-bond donors (Lipinski definition) is 1. The molecule has 1 aliphatic heterocycles. The van der Waals surface area contributed by atoms with Gasteiger partial charge in [-0.1, -0.05) is 42.0 Å². The number of rotatable bonds is 6. The molecule has 1 fully saturated rings. The van der Waals surface area contributed by atoms with Gasteiger partial charge in [0.15, 0.2) is 0 Å². The molecule has 0 aliphatic carbocycles. The monoisotopic (exact) mass is 363 g/mol. The zero-order valence-electron chi connectivity index (χ0n) is 15.6. The summed E-state index contributed by atoms with van der Waals surface area (Å²) < 4.78 is 7.69. The molecule has 0 radical (unpaired) electrons. The molecule has 1 N–H and O–H groups in total. The molecular weight excluding hydrogens is 338 g/mol. The number of para-hydroxylation sites is 2. The van der Waals surface area contributed by atoms with Crippen molar-refractivity contribution in [2.75, 3.05) is 13.2 Å². The number of nitrogens with zero attached hydrogens (tertiary/aromatic N) is 2. The van der Waals surface area contributed by atoms with Crippen molar-refractivity contribution < 1.29 is 9.53 Å². The number of benzene rings is 2. The molecule has 5 heteroatoms. The van der Waals surface area contributed by atoms with Gasteiger partial charge in [-0.2, -0.15) is 0 Å². The van der Waals surface area contributed by atoms with E-state index >= 15 is 0 Å². The van der Waals surface area contributed by atoms with E-state index in [4.69, 9.17) is 9.72 Å². The quantitative estimate of drug-likeness (QED) is 0.731. The summed E-state index contributed by atoms with van der Waals surface area (Å²) in [6.45, 7) is 4.12. The Kier molecular flexibility index (Phi) is 5.21. The summed E-state index contributed by atoms with van der Waals surface area (Å²) in [6, 6.07) is 16.8. The number of ether oxygens (including phenoxy) is 1. The van der Waals surface area contributed by atoms with Crippen LogP contribution >= 0.6 is 0 Å². The first kappa shape index (κ1) is 17.7. The van der Waals surface area contributed by atoms with Crippen LogP contribution in [0.4, 0.5) is 0 Å². The van der Waals surface area contributed by atoms with Crippen LogP contribution in [0.15, 0.2) is 48.5 Å². The van der Waals surface area contributed by atoms with Crippen molar-refractivity contribution in [2.45, 2.75) is 38.8 Å². The lowest BCUT2D eigenvalue weighted by atomic mass is 10.1. The van der Waals surface area contributed by atoms with Crippen molar-refractivity contribution in [1.82, 2.24) is 14.9 Å². The molecule has 0 saturated carbocycles. The molecule has 2 aromatic carbocycles. The third-order valence-electron chi connectivity index (χ3n) is 5.06. The molecular formula is C22H25N3O2. The molecule has 5 nitrogen and oxygen atoms in total. The molecule has 0 spiro atoms. The van der Waals surface area contributed by atoms with Gasteiger partial charge in [0, 0.05) is 26.1 Å². The summed E-state index contributed by atoms with van der Waals surface area (Å²) in [7, 11) is 0. The van der Waals surface area contributed by atoms with Crippen LogP contribution in [0.2, 0.25) is 0 Å². The number of amides is 1. The average molecular weight is 363 g/mol. The van der Waals surface area contributed by atoms with E-state index in [1.54, 1.807) is 0 Å². The van der Waals surface area contributed by atoms with E-state index in [0.717, 1.165) is 36.2 Å². The van der Waals surface area contributed by atoms with Gasteiger partial charge in [-0.15, -0.1) is 0 Å².